The van der Waals surface area contributed by atoms with E-state index in [0.717, 1.165) is 13.2 Å². The summed E-state index contributed by atoms with van der Waals surface area (Å²) in [5, 5.41) is 6.04. The molecule has 1 fully saturated rings. The predicted octanol–water partition coefficient (Wildman–Crippen LogP) is 0.760. The average Bonchev–Trinajstić information content (AvgIpc) is 2.74. The second-order valence-electron chi connectivity index (χ2n) is 3.54. The average molecular weight is 289 g/mol. The Morgan fingerprint density at radius 2 is 2.50 bits per heavy atom. The van der Waals surface area contributed by atoms with Gasteiger partial charge in [0.25, 0.3) is 5.91 Å². The first-order chi connectivity index (χ1) is 7.75. The number of morpholine rings is 1. The second-order valence-corrected chi connectivity index (χ2v) is 4.32. The Morgan fingerprint density at radius 1 is 1.62 bits per heavy atom. The van der Waals surface area contributed by atoms with Crippen LogP contribution in [-0.2, 0) is 4.74 Å². The molecule has 16 heavy (non-hydrogen) atoms. The highest BCUT2D eigenvalue weighted by atomic mass is 79.9. The van der Waals surface area contributed by atoms with Gasteiger partial charge in [-0.05, 0) is 28.1 Å². The van der Waals surface area contributed by atoms with Crippen LogP contribution in [0.5, 0.6) is 0 Å². The van der Waals surface area contributed by atoms with E-state index in [4.69, 9.17) is 9.15 Å². The van der Waals surface area contributed by atoms with E-state index in [2.05, 4.69) is 26.6 Å². The van der Waals surface area contributed by atoms with Crippen LogP contribution in [0.15, 0.2) is 21.2 Å². The van der Waals surface area contributed by atoms with Crippen molar-refractivity contribution in [1.29, 1.82) is 0 Å². The summed E-state index contributed by atoms with van der Waals surface area (Å²) >= 11 is 3.15. The molecule has 6 heteroatoms. The molecule has 0 radical (unpaired) electrons. The van der Waals surface area contributed by atoms with Crippen molar-refractivity contribution in [2.75, 3.05) is 26.3 Å². The number of ether oxygens (including phenoxy) is 1. The fourth-order valence-electron chi connectivity index (χ4n) is 1.49. The maximum atomic E-state index is 11.6. The van der Waals surface area contributed by atoms with Gasteiger partial charge in [-0.1, -0.05) is 0 Å². The molecule has 1 aromatic rings. The summed E-state index contributed by atoms with van der Waals surface area (Å²) in [5.74, 6) is 0.0988. The van der Waals surface area contributed by atoms with E-state index in [9.17, 15) is 4.79 Å². The highest BCUT2D eigenvalue weighted by Crippen LogP contribution is 2.13. The van der Waals surface area contributed by atoms with E-state index in [1.54, 1.807) is 12.1 Å². The molecular weight excluding hydrogens is 276 g/mol. The molecule has 1 aromatic heterocycles. The van der Waals surface area contributed by atoms with Crippen molar-refractivity contribution >= 4 is 21.8 Å². The van der Waals surface area contributed by atoms with Crippen molar-refractivity contribution in [2.24, 2.45) is 0 Å². The maximum absolute atomic E-state index is 11.6. The molecule has 0 aromatic carbocycles. The van der Waals surface area contributed by atoms with Gasteiger partial charge < -0.3 is 19.8 Å². The Morgan fingerprint density at radius 3 is 3.12 bits per heavy atom. The molecule has 1 atom stereocenters. The molecule has 1 aliphatic rings. The minimum atomic E-state index is -0.210. The minimum absolute atomic E-state index is 0.177. The quantitative estimate of drug-likeness (QED) is 0.862. The molecule has 1 aliphatic heterocycles. The lowest BCUT2D eigenvalue weighted by atomic mass is 10.2. The van der Waals surface area contributed by atoms with Gasteiger partial charge in [0.2, 0.25) is 0 Å². The van der Waals surface area contributed by atoms with Crippen LogP contribution in [0.4, 0.5) is 0 Å². The topological polar surface area (TPSA) is 63.5 Å². The number of rotatable bonds is 3. The molecule has 0 bridgehead atoms. The van der Waals surface area contributed by atoms with E-state index >= 15 is 0 Å². The highest BCUT2D eigenvalue weighted by molar-refractivity contribution is 9.10. The molecule has 88 valence electrons. The van der Waals surface area contributed by atoms with Crippen LogP contribution in [0.25, 0.3) is 0 Å². The van der Waals surface area contributed by atoms with Crippen molar-refractivity contribution in [3.05, 3.63) is 22.6 Å². The fraction of sp³-hybridized carbons (Fsp3) is 0.500. The van der Waals surface area contributed by atoms with Crippen molar-refractivity contribution in [3.63, 3.8) is 0 Å². The van der Waals surface area contributed by atoms with E-state index in [-0.39, 0.29) is 11.9 Å². The van der Waals surface area contributed by atoms with E-state index < -0.39 is 0 Å². The van der Waals surface area contributed by atoms with Crippen molar-refractivity contribution in [2.45, 2.75) is 6.04 Å². The zero-order chi connectivity index (χ0) is 11.4. The smallest absolute Gasteiger partial charge is 0.287 e. The first kappa shape index (κ1) is 11.6. The van der Waals surface area contributed by atoms with Gasteiger partial charge in [0, 0.05) is 19.1 Å². The third kappa shape index (κ3) is 3.07. The van der Waals surface area contributed by atoms with Gasteiger partial charge in [-0.15, -0.1) is 0 Å². The molecule has 5 nitrogen and oxygen atoms in total. The summed E-state index contributed by atoms with van der Waals surface area (Å²) in [7, 11) is 0. The maximum Gasteiger partial charge on any atom is 0.287 e. The lowest BCUT2D eigenvalue weighted by Crippen LogP contribution is -2.48. The molecule has 1 unspecified atom stereocenters. The summed E-state index contributed by atoms with van der Waals surface area (Å²) in [6, 6.07) is 3.50. The van der Waals surface area contributed by atoms with Crippen LogP contribution < -0.4 is 10.6 Å². The number of nitrogens with one attached hydrogen (secondary N) is 2. The van der Waals surface area contributed by atoms with Gasteiger partial charge in [-0.25, -0.2) is 0 Å². The van der Waals surface area contributed by atoms with Gasteiger partial charge in [-0.3, -0.25) is 4.79 Å². The molecular formula is C10H13BrN2O3. The Bertz CT molecular complexity index is 361. The standard InChI is InChI=1S/C10H13BrN2O3/c11-9-2-1-8(16-9)10(14)13-5-7-6-15-4-3-12-7/h1-2,7,12H,3-6H2,(H,13,14). The Balaban J connectivity index is 1.79. The lowest BCUT2D eigenvalue weighted by Gasteiger charge is -2.23. The molecule has 1 saturated heterocycles. The molecule has 2 rings (SSSR count). The fourth-order valence-corrected chi connectivity index (χ4v) is 1.80. The first-order valence-electron chi connectivity index (χ1n) is 5.10. The molecule has 0 spiro atoms. The van der Waals surface area contributed by atoms with Crippen LogP contribution in [0.1, 0.15) is 10.6 Å². The number of hydrogen-bond acceptors (Lipinski definition) is 4. The van der Waals surface area contributed by atoms with Crippen LogP contribution in [0, 0.1) is 0 Å². The highest BCUT2D eigenvalue weighted by Gasteiger charge is 2.15. The zero-order valence-corrected chi connectivity index (χ0v) is 10.2. The molecule has 1 amide bonds. The third-order valence-electron chi connectivity index (χ3n) is 2.30. The minimum Gasteiger partial charge on any atom is -0.444 e. The van der Waals surface area contributed by atoms with Crippen molar-refractivity contribution < 1.29 is 13.9 Å². The van der Waals surface area contributed by atoms with E-state index in [1.807, 2.05) is 0 Å². The zero-order valence-electron chi connectivity index (χ0n) is 8.66. The number of carbonyl (C=O) groups is 1. The number of carbonyl (C=O) groups excluding carboxylic acids is 1. The number of halogens is 1. The van der Waals surface area contributed by atoms with Gasteiger partial charge in [0.1, 0.15) is 0 Å². The molecule has 0 saturated carbocycles. The van der Waals surface area contributed by atoms with Gasteiger partial charge in [-0.2, -0.15) is 0 Å². The number of hydrogen-bond donors (Lipinski definition) is 2. The van der Waals surface area contributed by atoms with E-state index in [1.165, 1.54) is 0 Å². The van der Waals surface area contributed by atoms with Crippen LogP contribution in [-0.4, -0.2) is 38.3 Å². The second kappa shape index (κ2) is 5.47. The molecule has 2 N–H and O–H groups in total. The first-order valence-corrected chi connectivity index (χ1v) is 5.89. The predicted molar refractivity (Wildman–Crippen MR) is 61.4 cm³/mol. The Kier molecular flexibility index (Phi) is 3.98. The lowest BCUT2D eigenvalue weighted by molar-refractivity contribution is 0.0727. The van der Waals surface area contributed by atoms with Crippen LogP contribution in [0.2, 0.25) is 0 Å². The normalized spacial score (nSPS) is 20.7. The van der Waals surface area contributed by atoms with E-state index in [0.29, 0.717) is 23.6 Å². The van der Waals surface area contributed by atoms with Crippen LogP contribution >= 0.6 is 15.9 Å². The molecule has 0 aliphatic carbocycles. The number of furan rings is 1. The van der Waals surface area contributed by atoms with Crippen molar-refractivity contribution in [1.82, 2.24) is 10.6 Å². The van der Waals surface area contributed by atoms with Crippen molar-refractivity contribution in [3.8, 4) is 0 Å². The Labute approximate surface area is 102 Å². The van der Waals surface area contributed by atoms with Gasteiger partial charge >= 0.3 is 0 Å². The largest absolute Gasteiger partial charge is 0.444 e. The monoisotopic (exact) mass is 288 g/mol. The SMILES string of the molecule is O=C(NCC1COCCN1)c1ccc(Br)o1. The molecule has 2 heterocycles. The van der Waals surface area contributed by atoms with Gasteiger partial charge in [0.15, 0.2) is 10.4 Å². The summed E-state index contributed by atoms with van der Waals surface area (Å²) < 4.78 is 11.0. The third-order valence-corrected chi connectivity index (χ3v) is 2.73. The summed E-state index contributed by atoms with van der Waals surface area (Å²) in [6.45, 7) is 2.72. The summed E-state index contributed by atoms with van der Waals surface area (Å²) in [4.78, 5) is 11.6. The Hall–Kier alpha value is -0.850. The summed E-state index contributed by atoms with van der Waals surface area (Å²) in [5.41, 5.74) is 0. The number of amides is 1. The summed E-state index contributed by atoms with van der Waals surface area (Å²) in [6.07, 6.45) is 0. The van der Waals surface area contributed by atoms with Crippen LogP contribution in [0.3, 0.4) is 0 Å². The van der Waals surface area contributed by atoms with Gasteiger partial charge in [0.05, 0.1) is 13.2 Å².